The first kappa shape index (κ1) is 19.4. The Balaban J connectivity index is 1.36. The van der Waals surface area contributed by atoms with Gasteiger partial charge in [-0.05, 0) is 68.5 Å². The average Bonchev–Trinajstić information content (AvgIpc) is 3.24. The maximum Gasteiger partial charge on any atom is 0.322 e. The van der Waals surface area contributed by atoms with Gasteiger partial charge in [0, 0.05) is 28.2 Å². The Morgan fingerprint density at radius 1 is 1.16 bits per heavy atom. The molecule has 1 fully saturated rings. The van der Waals surface area contributed by atoms with E-state index in [2.05, 4.69) is 46.1 Å². The number of H-pyrrole nitrogens is 1. The lowest BCUT2D eigenvalue weighted by Gasteiger charge is -2.25. The lowest BCUT2D eigenvalue weighted by atomic mass is 9.90. The Kier molecular flexibility index (Phi) is 4.36. The zero-order valence-electron chi connectivity index (χ0n) is 17.5. The number of aromatic nitrogens is 1. The molecule has 0 spiro atoms. The number of amides is 4. The first-order valence-corrected chi connectivity index (χ1v) is 10.5. The fourth-order valence-electron chi connectivity index (χ4n) is 4.64. The monoisotopic (exact) mass is 416 g/mol. The molecule has 0 saturated carbocycles. The van der Waals surface area contributed by atoms with Crippen LogP contribution in [0.4, 0.5) is 4.79 Å². The Morgan fingerprint density at radius 3 is 2.77 bits per heavy atom. The van der Waals surface area contributed by atoms with Crippen LogP contribution in [0.25, 0.3) is 10.9 Å². The molecule has 3 aromatic rings. The average molecular weight is 416 g/mol. The lowest BCUT2D eigenvalue weighted by molar-refractivity contribution is -0.123. The normalized spacial score (nSPS) is 22.7. The summed E-state index contributed by atoms with van der Waals surface area (Å²) < 4.78 is 0. The van der Waals surface area contributed by atoms with Gasteiger partial charge in [-0.2, -0.15) is 0 Å². The van der Waals surface area contributed by atoms with Crippen molar-refractivity contribution in [2.24, 2.45) is 0 Å². The molecule has 1 aliphatic carbocycles. The van der Waals surface area contributed by atoms with E-state index in [1.807, 2.05) is 0 Å². The minimum absolute atomic E-state index is 0.0354. The van der Waals surface area contributed by atoms with Gasteiger partial charge in [-0.15, -0.1) is 0 Å². The van der Waals surface area contributed by atoms with Gasteiger partial charge in [0.05, 0.1) is 0 Å². The van der Waals surface area contributed by atoms with E-state index in [0.717, 1.165) is 24.8 Å². The molecular formula is C24H24N4O3. The second-order valence-corrected chi connectivity index (χ2v) is 8.66. The van der Waals surface area contributed by atoms with E-state index in [1.165, 1.54) is 22.2 Å². The number of nitrogens with one attached hydrogen (secondary N) is 4. The number of hydrogen-bond acceptors (Lipinski definition) is 3. The molecule has 2 atom stereocenters. The minimum Gasteiger partial charge on any atom is -0.358 e. The van der Waals surface area contributed by atoms with Crippen molar-refractivity contribution in [2.75, 3.05) is 0 Å². The van der Waals surface area contributed by atoms with Gasteiger partial charge in [-0.25, -0.2) is 4.79 Å². The second kappa shape index (κ2) is 6.97. The number of aryl methyl sites for hydroxylation is 2. The van der Waals surface area contributed by atoms with E-state index in [1.54, 1.807) is 31.2 Å². The van der Waals surface area contributed by atoms with Gasteiger partial charge in [0.15, 0.2) is 0 Å². The van der Waals surface area contributed by atoms with Crippen LogP contribution < -0.4 is 16.0 Å². The van der Waals surface area contributed by atoms with Gasteiger partial charge in [0.25, 0.3) is 11.8 Å². The number of rotatable bonds is 3. The lowest BCUT2D eigenvalue weighted by Crippen LogP contribution is -2.41. The third-order valence-electron chi connectivity index (χ3n) is 6.43. The summed E-state index contributed by atoms with van der Waals surface area (Å²) in [5.41, 5.74) is 4.74. The van der Waals surface area contributed by atoms with E-state index < -0.39 is 17.5 Å². The molecule has 2 aromatic carbocycles. The summed E-state index contributed by atoms with van der Waals surface area (Å²) in [6, 6.07) is 12.8. The van der Waals surface area contributed by atoms with Crippen LogP contribution in [-0.4, -0.2) is 28.9 Å². The van der Waals surface area contributed by atoms with Crippen molar-refractivity contribution in [1.29, 1.82) is 0 Å². The van der Waals surface area contributed by atoms with Gasteiger partial charge in [-0.3, -0.25) is 14.9 Å². The number of urea groups is 1. The molecule has 7 nitrogen and oxygen atoms in total. The third-order valence-corrected chi connectivity index (χ3v) is 6.43. The maximum atomic E-state index is 13.0. The van der Waals surface area contributed by atoms with Crippen LogP contribution in [0.1, 0.15) is 46.1 Å². The highest BCUT2D eigenvalue weighted by Gasteiger charge is 2.43. The molecule has 0 bridgehead atoms. The summed E-state index contributed by atoms with van der Waals surface area (Å²) in [7, 11) is 0. The van der Waals surface area contributed by atoms with Crippen LogP contribution in [0.3, 0.4) is 0 Å². The van der Waals surface area contributed by atoms with Crippen molar-refractivity contribution in [3.05, 3.63) is 70.4 Å². The summed E-state index contributed by atoms with van der Waals surface area (Å²) in [5.74, 6) is -0.607. The predicted octanol–water partition coefficient (Wildman–Crippen LogP) is 2.82. The molecule has 1 aliphatic heterocycles. The van der Waals surface area contributed by atoms with Gasteiger partial charge in [0.1, 0.15) is 5.54 Å². The van der Waals surface area contributed by atoms with Gasteiger partial charge in [0.2, 0.25) is 0 Å². The van der Waals surface area contributed by atoms with Crippen molar-refractivity contribution >= 4 is 28.7 Å². The quantitative estimate of drug-likeness (QED) is 0.494. The van der Waals surface area contributed by atoms with Crippen LogP contribution in [0.2, 0.25) is 0 Å². The highest BCUT2D eigenvalue weighted by molar-refractivity contribution is 6.07. The molecule has 158 valence electrons. The Hall–Kier alpha value is -3.61. The van der Waals surface area contributed by atoms with Crippen LogP contribution in [0.5, 0.6) is 0 Å². The first-order chi connectivity index (χ1) is 14.8. The van der Waals surface area contributed by atoms with Crippen LogP contribution in [0, 0.1) is 6.92 Å². The molecule has 7 heteroatoms. The van der Waals surface area contributed by atoms with Crippen LogP contribution in [0.15, 0.2) is 42.5 Å². The molecule has 1 aromatic heterocycles. The maximum absolute atomic E-state index is 13.0. The Morgan fingerprint density at radius 2 is 2.00 bits per heavy atom. The Labute approximate surface area is 179 Å². The molecule has 2 aliphatic rings. The van der Waals surface area contributed by atoms with Crippen molar-refractivity contribution in [1.82, 2.24) is 20.9 Å². The number of fused-ring (bicyclic) bond motifs is 3. The summed E-state index contributed by atoms with van der Waals surface area (Å²) in [6.07, 6.45) is 2.53. The number of carbonyl (C=O) groups is 3. The molecule has 4 N–H and O–H groups in total. The number of hydrogen-bond donors (Lipinski definition) is 4. The molecule has 2 unspecified atom stereocenters. The highest BCUT2D eigenvalue weighted by Crippen LogP contribution is 2.30. The molecule has 5 rings (SSSR count). The smallest absolute Gasteiger partial charge is 0.322 e. The summed E-state index contributed by atoms with van der Waals surface area (Å²) >= 11 is 0. The van der Waals surface area contributed by atoms with Crippen molar-refractivity contribution < 1.29 is 14.4 Å². The van der Waals surface area contributed by atoms with E-state index >= 15 is 0 Å². The number of benzene rings is 2. The standard InChI is InChI=1S/C24H24N4O3/c1-13-6-8-19-17(10-13)18-12-16(7-9-20(18)26-19)25-21(29)14-4-3-5-15(11-14)24(2)22(30)27-23(31)28-24/h3-6,8,10-11,16,26H,7,9,12H2,1-2H3,(H,25,29)(H2,27,28,30,31). The van der Waals surface area contributed by atoms with E-state index in [4.69, 9.17) is 0 Å². The van der Waals surface area contributed by atoms with E-state index in [0.29, 0.717) is 11.1 Å². The molecule has 1 saturated heterocycles. The highest BCUT2D eigenvalue weighted by atomic mass is 16.2. The zero-order valence-corrected chi connectivity index (χ0v) is 17.5. The van der Waals surface area contributed by atoms with Crippen molar-refractivity contribution in [3.63, 3.8) is 0 Å². The van der Waals surface area contributed by atoms with Crippen molar-refractivity contribution in [2.45, 2.75) is 44.7 Å². The van der Waals surface area contributed by atoms with Crippen molar-refractivity contribution in [3.8, 4) is 0 Å². The van der Waals surface area contributed by atoms with E-state index in [9.17, 15) is 14.4 Å². The van der Waals surface area contributed by atoms with Crippen LogP contribution >= 0.6 is 0 Å². The largest absolute Gasteiger partial charge is 0.358 e. The van der Waals surface area contributed by atoms with Gasteiger partial charge < -0.3 is 15.6 Å². The topological polar surface area (TPSA) is 103 Å². The predicted molar refractivity (Wildman–Crippen MR) is 117 cm³/mol. The molecular weight excluding hydrogens is 392 g/mol. The third kappa shape index (κ3) is 3.26. The zero-order chi connectivity index (χ0) is 21.8. The number of carbonyl (C=O) groups excluding carboxylic acids is 3. The SMILES string of the molecule is Cc1ccc2[nH]c3c(c2c1)CC(NC(=O)c1cccc(C2(C)NC(=O)NC2=O)c1)CC3. The number of imide groups is 1. The first-order valence-electron chi connectivity index (χ1n) is 10.5. The second-order valence-electron chi connectivity index (χ2n) is 8.66. The van der Waals surface area contributed by atoms with E-state index in [-0.39, 0.29) is 11.9 Å². The summed E-state index contributed by atoms with van der Waals surface area (Å²) in [5, 5.41) is 9.28. The molecule has 2 heterocycles. The number of aromatic amines is 1. The summed E-state index contributed by atoms with van der Waals surface area (Å²) in [6.45, 7) is 3.72. The van der Waals surface area contributed by atoms with Crippen LogP contribution in [-0.2, 0) is 23.2 Å². The fourth-order valence-corrected chi connectivity index (χ4v) is 4.64. The minimum atomic E-state index is -1.19. The molecule has 31 heavy (non-hydrogen) atoms. The molecule has 4 amide bonds. The Bertz CT molecular complexity index is 1240. The fraction of sp³-hybridized carbons (Fsp3) is 0.292. The summed E-state index contributed by atoms with van der Waals surface area (Å²) in [4.78, 5) is 40.3. The van der Waals surface area contributed by atoms with Gasteiger partial charge in [-0.1, -0.05) is 23.8 Å². The van der Waals surface area contributed by atoms with Gasteiger partial charge >= 0.3 is 6.03 Å². The molecule has 0 radical (unpaired) electrons.